The van der Waals surface area contributed by atoms with Crippen LogP contribution in [0.2, 0.25) is 4.34 Å². The van der Waals surface area contributed by atoms with Crippen LogP contribution < -0.4 is 0 Å². The molecule has 1 aliphatic heterocycles. The molecular weight excluding hydrogens is 230 g/mol. The van der Waals surface area contributed by atoms with Crippen LogP contribution in [0.5, 0.6) is 0 Å². The van der Waals surface area contributed by atoms with E-state index in [-0.39, 0.29) is 0 Å². The molecule has 2 heterocycles. The molecule has 0 unspecified atom stereocenters. The van der Waals surface area contributed by atoms with Crippen LogP contribution in [0.1, 0.15) is 18.1 Å². The van der Waals surface area contributed by atoms with Gasteiger partial charge in [-0.3, -0.25) is 0 Å². The van der Waals surface area contributed by atoms with Gasteiger partial charge in [-0.2, -0.15) is 0 Å². The van der Waals surface area contributed by atoms with Crippen molar-refractivity contribution in [1.82, 2.24) is 0 Å². The SMILES string of the molecule is CC1=NOCc2c1ccc1sc(Cl)cc21. The molecule has 0 atom stereocenters. The molecule has 15 heavy (non-hydrogen) atoms. The molecule has 0 fully saturated rings. The molecule has 76 valence electrons. The van der Waals surface area contributed by atoms with Crippen molar-refractivity contribution in [2.45, 2.75) is 13.5 Å². The molecule has 1 aliphatic rings. The first-order valence-corrected chi connectivity index (χ1v) is 5.83. The Balaban J connectivity index is 2.38. The number of nitrogens with zero attached hydrogens (tertiary/aromatic N) is 1. The van der Waals surface area contributed by atoms with Crippen molar-refractivity contribution in [3.63, 3.8) is 0 Å². The molecule has 0 N–H and O–H groups in total. The molecule has 3 rings (SSSR count). The Hall–Kier alpha value is -1.06. The van der Waals surface area contributed by atoms with Crippen molar-refractivity contribution < 1.29 is 4.84 Å². The fraction of sp³-hybridized carbons (Fsp3) is 0.182. The number of halogens is 1. The maximum absolute atomic E-state index is 6.01. The molecule has 4 heteroatoms. The number of rotatable bonds is 0. The molecule has 0 saturated heterocycles. The lowest BCUT2D eigenvalue weighted by Crippen LogP contribution is -2.08. The van der Waals surface area contributed by atoms with E-state index in [1.54, 1.807) is 11.3 Å². The fourth-order valence-corrected chi connectivity index (χ4v) is 3.05. The van der Waals surface area contributed by atoms with Gasteiger partial charge in [-0.05, 0) is 19.1 Å². The summed E-state index contributed by atoms with van der Waals surface area (Å²) in [6, 6.07) is 6.18. The highest BCUT2D eigenvalue weighted by atomic mass is 35.5. The Bertz CT molecular complexity index is 573. The highest BCUT2D eigenvalue weighted by Crippen LogP contribution is 2.34. The molecule has 0 radical (unpaired) electrons. The Morgan fingerprint density at radius 2 is 2.33 bits per heavy atom. The van der Waals surface area contributed by atoms with Gasteiger partial charge < -0.3 is 4.84 Å². The summed E-state index contributed by atoms with van der Waals surface area (Å²) in [5.74, 6) is 0. The first-order chi connectivity index (χ1) is 7.25. The second kappa shape index (κ2) is 3.22. The van der Waals surface area contributed by atoms with Gasteiger partial charge in [0.1, 0.15) is 6.61 Å². The quantitative estimate of drug-likeness (QED) is 0.683. The molecule has 2 aromatic rings. The molecule has 1 aromatic heterocycles. The van der Waals surface area contributed by atoms with Crippen molar-refractivity contribution >= 4 is 38.7 Å². The predicted molar refractivity (Wildman–Crippen MR) is 63.8 cm³/mol. The van der Waals surface area contributed by atoms with Crippen molar-refractivity contribution in [3.05, 3.63) is 33.7 Å². The predicted octanol–water partition coefficient (Wildman–Crippen LogP) is 3.81. The molecule has 1 aromatic carbocycles. The summed E-state index contributed by atoms with van der Waals surface area (Å²) in [6.45, 7) is 2.49. The van der Waals surface area contributed by atoms with Crippen LogP contribution in [0.3, 0.4) is 0 Å². The summed E-state index contributed by atoms with van der Waals surface area (Å²) in [7, 11) is 0. The monoisotopic (exact) mass is 237 g/mol. The summed E-state index contributed by atoms with van der Waals surface area (Å²) in [5.41, 5.74) is 3.30. The molecular formula is C11H8ClNOS. The summed E-state index contributed by atoms with van der Waals surface area (Å²) in [5, 5.41) is 5.16. The number of fused-ring (bicyclic) bond motifs is 3. The zero-order valence-corrected chi connectivity index (χ0v) is 9.65. The molecule has 0 bridgehead atoms. The lowest BCUT2D eigenvalue weighted by molar-refractivity contribution is 0.127. The molecule has 0 saturated carbocycles. The molecule has 0 aliphatic carbocycles. The number of benzene rings is 1. The van der Waals surface area contributed by atoms with Crippen LogP contribution in [-0.2, 0) is 11.4 Å². The van der Waals surface area contributed by atoms with E-state index in [0.29, 0.717) is 6.61 Å². The summed E-state index contributed by atoms with van der Waals surface area (Å²) in [4.78, 5) is 5.18. The van der Waals surface area contributed by atoms with E-state index in [0.717, 1.165) is 10.0 Å². The zero-order valence-electron chi connectivity index (χ0n) is 8.08. The van der Waals surface area contributed by atoms with E-state index >= 15 is 0 Å². The highest BCUT2D eigenvalue weighted by molar-refractivity contribution is 7.22. The van der Waals surface area contributed by atoms with E-state index in [1.165, 1.54) is 21.2 Å². The van der Waals surface area contributed by atoms with Gasteiger partial charge in [-0.25, -0.2) is 0 Å². The second-order valence-electron chi connectivity index (χ2n) is 3.50. The average molecular weight is 238 g/mol. The zero-order chi connectivity index (χ0) is 10.4. The van der Waals surface area contributed by atoms with Crippen LogP contribution in [0, 0.1) is 0 Å². The van der Waals surface area contributed by atoms with Gasteiger partial charge >= 0.3 is 0 Å². The maximum atomic E-state index is 6.01. The minimum atomic E-state index is 0.539. The van der Waals surface area contributed by atoms with E-state index < -0.39 is 0 Å². The third-order valence-electron chi connectivity index (χ3n) is 2.58. The van der Waals surface area contributed by atoms with Gasteiger partial charge in [0.15, 0.2) is 0 Å². The van der Waals surface area contributed by atoms with Gasteiger partial charge in [0.05, 0.1) is 10.0 Å². The third-order valence-corrected chi connectivity index (χ3v) is 3.81. The fourth-order valence-electron chi connectivity index (χ4n) is 1.88. The van der Waals surface area contributed by atoms with Crippen LogP contribution in [-0.4, -0.2) is 5.71 Å². The van der Waals surface area contributed by atoms with Crippen molar-refractivity contribution in [3.8, 4) is 0 Å². The second-order valence-corrected chi connectivity index (χ2v) is 5.22. The van der Waals surface area contributed by atoms with E-state index in [1.807, 2.05) is 13.0 Å². The minimum Gasteiger partial charge on any atom is -0.391 e. The van der Waals surface area contributed by atoms with Crippen LogP contribution >= 0.6 is 22.9 Å². The number of oxime groups is 1. The highest BCUT2D eigenvalue weighted by Gasteiger charge is 2.16. The van der Waals surface area contributed by atoms with E-state index in [9.17, 15) is 0 Å². The van der Waals surface area contributed by atoms with E-state index in [4.69, 9.17) is 16.4 Å². The van der Waals surface area contributed by atoms with Crippen LogP contribution in [0.4, 0.5) is 0 Å². The minimum absolute atomic E-state index is 0.539. The van der Waals surface area contributed by atoms with Gasteiger partial charge in [0, 0.05) is 21.2 Å². The van der Waals surface area contributed by atoms with Crippen LogP contribution in [0.25, 0.3) is 10.1 Å². The lowest BCUT2D eigenvalue weighted by Gasteiger charge is -2.14. The number of thiophene rings is 1. The normalized spacial score (nSPS) is 14.7. The standard InChI is InChI=1S/C11H8ClNOS/c1-6-7-2-3-10-8(4-11(12)15-10)9(7)5-14-13-6/h2-4H,5H2,1H3. The van der Waals surface area contributed by atoms with Gasteiger partial charge in [0.25, 0.3) is 0 Å². The Labute approximate surface area is 96.1 Å². The molecule has 0 amide bonds. The first-order valence-electron chi connectivity index (χ1n) is 4.63. The lowest BCUT2D eigenvalue weighted by atomic mass is 10.0. The van der Waals surface area contributed by atoms with Crippen molar-refractivity contribution in [1.29, 1.82) is 0 Å². The Morgan fingerprint density at radius 3 is 3.20 bits per heavy atom. The van der Waals surface area contributed by atoms with Crippen molar-refractivity contribution in [2.24, 2.45) is 5.16 Å². The van der Waals surface area contributed by atoms with Gasteiger partial charge in [-0.15, -0.1) is 11.3 Å². The summed E-state index contributed by atoms with van der Waals surface area (Å²) in [6.07, 6.45) is 0. The Morgan fingerprint density at radius 1 is 1.47 bits per heavy atom. The molecule has 0 spiro atoms. The van der Waals surface area contributed by atoms with Crippen LogP contribution in [0.15, 0.2) is 23.4 Å². The summed E-state index contributed by atoms with van der Waals surface area (Å²) < 4.78 is 2.02. The Kier molecular flexibility index (Phi) is 1.97. The third kappa shape index (κ3) is 1.34. The maximum Gasteiger partial charge on any atom is 0.143 e. The topological polar surface area (TPSA) is 21.6 Å². The van der Waals surface area contributed by atoms with Gasteiger partial charge in [-0.1, -0.05) is 22.8 Å². The largest absolute Gasteiger partial charge is 0.391 e. The average Bonchev–Trinajstić information content (AvgIpc) is 2.59. The number of hydrogen-bond acceptors (Lipinski definition) is 3. The van der Waals surface area contributed by atoms with Gasteiger partial charge in [0.2, 0.25) is 0 Å². The molecule has 2 nitrogen and oxygen atoms in total. The first kappa shape index (κ1) is 9.19. The van der Waals surface area contributed by atoms with E-state index in [2.05, 4.69) is 17.3 Å². The smallest absolute Gasteiger partial charge is 0.143 e. The van der Waals surface area contributed by atoms with Crippen molar-refractivity contribution in [2.75, 3.05) is 0 Å². The summed E-state index contributed by atoms with van der Waals surface area (Å²) >= 11 is 7.61. The number of hydrogen-bond donors (Lipinski definition) is 0.